The molecule has 0 atom stereocenters. The maximum absolute atomic E-state index is 13.8. The van der Waals surface area contributed by atoms with Crippen LogP contribution in [0.2, 0.25) is 0 Å². The molecule has 0 saturated heterocycles. The van der Waals surface area contributed by atoms with Crippen molar-refractivity contribution in [3.05, 3.63) is 69.8 Å². The second kappa shape index (κ2) is 6.73. The van der Waals surface area contributed by atoms with E-state index in [1.807, 2.05) is 13.8 Å². The molecule has 0 bridgehead atoms. The summed E-state index contributed by atoms with van der Waals surface area (Å²) in [6.45, 7) is 3.74. The maximum atomic E-state index is 13.8. The first-order valence-corrected chi connectivity index (χ1v) is 9.17. The van der Waals surface area contributed by atoms with Crippen LogP contribution in [0.4, 0.5) is 13.2 Å². The van der Waals surface area contributed by atoms with Crippen LogP contribution in [0.1, 0.15) is 25.3 Å². The maximum Gasteiger partial charge on any atom is 0.342 e. The Kier molecular flexibility index (Phi) is 4.73. The molecule has 142 valence electrons. The highest BCUT2D eigenvalue weighted by molar-refractivity contribution is 7.87. The van der Waals surface area contributed by atoms with Gasteiger partial charge in [-0.25, -0.2) is 18.0 Å². The molecule has 0 radical (unpaired) electrons. The minimum atomic E-state index is -4.79. The van der Waals surface area contributed by atoms with Crippen molar-refractivity contribution in [1.29, 1.82) is 0 Å². The van der Waals surface area contributed by atoms with Gasteiger partial charge in [0.1, 0.15) is 16.2 Å². The summed E-state index contributed by atoms with van der Waals surface area (Å²) in [4.78, 5) is 10.5. The number of benzene rings is 2. The first-order chi connectivity index (χ1) is 12.6. The van der Waals surface area contributed by atoms with Crippen LogP contribution in [-0.2, 0) is 10.1 Å². The van der Waals surface area contributed by atoms with Crippen molar-refractivity contribution in [3.8, 4) is 5.75 Å². The Labute approximate surface area is 152 Å². The number of halogens is 3. The van der Waals surface area contributed by atoms with Gasteiger partial charge < -0.3 is 8.60 Å². The highest BCUT2D eigenvalue weighted by Crippen LogP contribution is 2.29. The Morgan fingerprint density at radius 3 is 2.37 bits per heavy atom. The quantitative estimate of drug-likeness (QED) is 0.376. The number of hydrogen-bond acceptors (Lipinski definition) is 5. The highest BCUT2D eigenvalue weighted by Gasteiger charge is 2.26. The summed E-state index contributed by atoms with van der Waals surface area (Å²) in [7, 11) is -4.79. The zero-order valence-electron chi connectivity index (χ0n) is 14.1. The van der Waals surface area contributed by atoms with Crippen molar-refractivity contribution in [3.63, 3.8) is 0 Å². The van der Waals surface area contributed by atoms with E-state index in [1.165, 1.54) is 18.2 Å². The van der Waals surface area contributed by atoms with Gasteiger partial charge in [-0.1, -0.05) is 13.8 Å². The molecule has 9 heteroatoms. The van der Waals surface area contributed by atoms with Gasteiger partial charge in [0.05, 0.1) is 0 Å². The monoisotopic (exact) mass is 398 g/mol. The van der Waals surface area contributed by atoms with E-state index in [0.717, 1.165) is 6.07 Å². The Morgan fingerprint density at radius 1 is 1.00 bits per heavy atom. The van der Waals surface area contributed by atoms with Crippen LogP contribution in [0.15, 0.2) is 50.5 Å². The Bertz CT molecular complexity index is 1200. The van der Waals surface area contributed by atoms with Crippen molar-refractivity contribution in [2.45, 2.75) is 24.7 Å². The van der Waals surface area contributed by atoms with Crippen molar-refractivity contribution < 1.29 is 30.2 Å². The lowest BCUT2D eigenvalue weighted by Gasteiger charge is -2.11. The van der Waals surface area contributed by atoms with Gasteiger partial charge in [-0.3, -0.25) is 0 Å². The molecule has 2 aromatic carbocycles. The van der Waals surface area contributed by atoms with Gasteiger partial charge in [0.25, 0.3) is 0 Å². The minimum absolute atomic E-state index is 0.00314. The molecule has 0 aliphatic rings. The first kappa shape index (κ1) is 19.0. The molecular weight excluding hydrogens is 385 g/mol. The van der Waals surface area contributed by atoms with E-state index in [1.54, 1.807) is 0 Å². The van der Waals surface area contributed by atoms with Crippen molar-refractivity contribution in [2.75, 3.05) is 0 Å². The molecule has 0 saturated carbocycles. The molecule has 3 rings (SSSR count). The number of hydrogen-bond donors (Lipinski definition) is 0. The molecule has 0 unspecified atom stereocenters. The third kappa shape index (κ3) is 3.55. The molecule has 0 N–H and O–H groups in total. The molecule has 1 heterocycles. The summed E-state index contributed by atoms with van der Waals surface area (Å²) in [5.74, 6) is -5.62. The van der Waals surface area contributed by atoms with Crippen LogP contribution >= 0.6 is 0 Å². The molecule has 0 amide bonds. The van der Waals surface area contributed by atoms with E-state index >= 15 is 0 Å². The van der Waals surface area contributed by atoms with Crippen LogP contribution < -0.4 is 9.81 Å². The first-order valence-electron chi connectivity index (χ1n) is 7.76. The largest absolute Gasteiger partial charge is 0.423 e. The second-order valence-electron chi connectivity index (χ2n) is 6.04. The predicted octanol–water partition coefficient (Wildman–Crippen LogP) is 4.10. The van der Waals surface area contributed by atoms with Gasteiger partial charge in [0.2, 0.25) is 0 Å². The predicted molar refractivity (Wildman–Crippen MR) is 90.7 cm³/mol. The third-order valence-corrected chi connectivity index (χ3v) is 5.11. The fraction of sp³-hybridized carbons (Fsp3) is 0.167. The Morgan fingerprint density at radius 2 is 1.70 bits per heavy atom. The average molecular weight is 398 g/mol. The lowest BCUT2D eigenvalue weighted by Crippen LogP contribution is -2.13. The van der Waals surface area contributed by atoms with E-state index in [4.69, 9.17) is 8.60 Å². The molecule has 1 aromatic heterocycles. The molecule has 0 aliphatic heterocycles. The van der Waals surface area contributed by atoms with Crippen LogP contribution in [0, 0.1) is 17.5 Å². The van der Waals surface area contributed by atoms with E-state index in [-0.39, 0.29) is 17.3 Å². The summed E-state index contributed by atoms with van der Waals surface area (Å²) in [6.07, 6.45) is 0. The SMILES string of the molecule is CC(C)c1cc(=O)oc2cc(OS(=O)(=O)c3ccc(F)c(F)c3F)ccc12. The Balaban J connectivity index is 2.06. The second-order valence-corrected chi connectivity index (χ2v) is 7.56. The number of rotatable bonds is 4. The summed E-state index contributed by atoms with van der Waals surface area (Å²) >= 11 is 0. The fourth-order valence-corrected chi connectivity index (χ4v) is 3.56. The van der Waals surface area contributed by atoms with E-state index in [9.17, 15) is 26.4 Å². The molecule has 3 aromatic rings. The smallest absolute Gasteiger partial charge is 0.342 e. The highest BCUT2D eigenvalue weighted by atomic mass is 32.2. The zero-order valence-corrected chi connectivity index (χ0v) is 14.9. The van der Waals surface area contributed by atoms with E-state index < -0.39 is 38.1 Å². The van der Waals surface area contributed by atoms with Gasteiger partial charge >= 0.3 is 15.7 Å². The van der Waals surface area contributed by atoms with Crippen molar-refractivity contribution in [1.82, 2.24) is 0 Å². The summed E-state index contributed by atoms with van der Waals surface area (Å²) < 4.78 is 74.4. The van der Waals surface area contributed by atoms with Crippen LogP contribution in [0.25, 0.3) is 11.0 Å². The minimum Gasteiger partial charge on any atom is -0.423 e. The van der Waals surface area contributed by atoms with Gasteiger partial charge in [-0.05, 0) is 35.7 Å². The average Bonchev–Trinajstić information content (AvgIpc) is 2.58. The molecular formula is C18H13F3O5S. The van der Waals surface area contributed by atoms with Crippen molar-refractivity contribution in [2.24, 2.45) is 0 Å². The topological polar surface area (TPSA) is 73.6 Å². The molecule has 0 fully saturated rings. The van der Waals surface area contributed by atoms with Crippen LogP contribution in [-0.4, -0.2) is 8.42 Å². The van der Waals surface area contributed by atoms with Gasteiger partial charge in [-0.2, -0.15) is 8.42 Å². The van der Waals surface area contributed by atoms with Gasteiger partial charge in [0, 0.05) is 17.5 Å². The Hall–Kier alpha value is -2.81. The third-order valence-electron chi connectivity index (χ3n) is 3.85. The lowest BCUT2D eigenvalue weighted by atomic mass is 10.00. The standard InChI is InChI=1S/C18H13F3O5S/c1-9(2)12-8-16(22)25-14-7-10(3-4-11(12)14)26-27(23,24)15-6-5-13(19)17(20)18(15)21/h3-9H,1-2H3. The fourth-order valence-electron chi connectivity index (χ4n) is 2.57. The zero-order chi connectivity index (χ0) is 19.9. The summed E-state index contributed by atoms with van der Waals surface area (Å²) in [6, 6.07) is 6.28. The number of fused-ring (bicyclic) bond motifs is 1. The molecule has 0 spiro atoms. The summed E-state index contributed by atoms with van der Waals surface area (Å²) in [5.41, 5.74) is 0.143. The van der Waals surface area contributed by atoms with Crippen molar-refractivity contribution >= 4 is 21.1 Å². The van der Waals surface area contributed by atoms with Gasteiger partial charge in [0.15, 0.2) is 17.5 Å². The van der Waals surface area contributed by atoms with Gasteiger partial charge in [-0.15, -0.1) is 0 Å². The lowest BCUT2D eigenvalue weighted by molar-refractivity contribution is 0.423. The van der Waals surface area contributed by atoms with Crippen LogP contribution in [0.5, 0.6) is 5.75 Å². The van der Waals surface area contributed by atoms with Crippen LogP contribution in [0.3, 0.4) is 0 Å². The molecule has 0 aliphatic carbocycles. The van der Waals surface area contributed by atoms with E-state index in [2.05, 4.69) is 0 Å². The van der Waals surface area contributed by atoms with E-state index in [0.29, 0.717) is 23.1 Å². The summed E-state index contributed by atoms with van der Waals surface area (Å²) in [5, 5.41) is 0.577. The molecule has 27 heavy (non-hydrogen) atoms. The normalized spacial score (nSPS) is 11.9. The molecule has 5 nitrogen and oxygen atoms in total.